The number of carbonyl (C=O) groups excluding carboxylic acids is 1. The average molecular weight is 314 g/mol. The maximum atomic E-state index is 12.7. The topological polar surface area (TPSA) is 70.0 Å². The van der Waals surface area contributed by atoms with Crippen LogP contribution < -0.4 is 0 Å². The Hall–Kier alpha value is -2.15. The summed E-state index contributed by atoms with van der Waals surface area (Å²) < 4.78 is 2.04. The van der Waals surface area contributed by atoms with Gasteiger partial charge in [-0.2, -0.15) is 5.10 Å². The molecule has 2 aromatic rings. The van der Waals surface area contributed by atoms with Crippen molar-refractivity contribution in [1.29, 1.82) is 0 Å². The molecule has 122 valence electrons. The van der Waals surface area contributed by atoms with Crippen LogP contribution in [0.3, 0.4) is 0 Å². The number of rotatable bonds is 3. The van der Waals surface area contributed by atoms with Crippen LogP contribution in [-0.4, -0.2) is 55.1 Å². The number of fused-ring (bicyclic) bond motifs is 1. The van der Waals surface area contributed by atoms with Crippen molar-refractivity contribution >= 4 is 5.91 Å². The number of H-pyrrole nitrogens is 1. The second-order valence-corrected chi connectivity index (χ2v) is 6.44. The molecule has 0 saturated carbocycles. The minimum Gasteiger partial charge on any atom is -0.337 e. The SMILES string of the molecule is Cn1ccnc1CN1CCc2[nH]nc(C(=O)N3CCCC3)c2C1. The summed E-state index contributed by atoms with van der Waals surface area (Å²) in [7, 11) is 2.01. The molecular formula is C16H22N6O. The molecule has 4 heterocycles. The quantitative estimate of drug-likeness (QED) is 0.915. The van der Waals surface area contributed by atoms with Gasteiger partial charge in [-0.3, -0.25) is 14.8 Å². The maximum Gasteiger partial charge on any atom is 0.274 e. The monoisotopic (exact) mass is 314 g/mol. The smallest absolute Gasteiger partial charge is 0.274 e. The maximum absolute atomic E-state index is 12.7. The number of hydrogen-bond donors (Lipinski definition) is 1. The number of likely N-dealkylation sites (tertiary alicyclic amines) is 1. The third-order valence-corrected chi connectivity index (χ3v) is 4.89. The first-order chi connectivity index (χ1) is 11.2. The van der Waals surface area contributed by atoms with Crippen LogP contribution in [0.1, 0.15) is 40.4 Å². The third-order valence-electron chi connectivity index (χ3n) is 4.89. The molecule has 2 aliphatic heterocycles. The Labute approximate surface area is 135 Å². The molecule has 23 heavy (non-hydrogen) atoms. The molecule has 0 radical (unpaired) electrons. The molecule has 2 aromatic heterocycles. The van der Waals surface area contributed by atoms with Crippen LogP contribution in [0.25, 0.3) is 0 Å². The fraction of sp³-hybridized carbons (Fsp3) is 0.562. The van der Waals surface area contributed by atoms with Crippen LogP contribution in [0.5, 0.6) is 0 Å². The van der Waals surface area contributed by atoms with Crippen LogP contribution in [0.4, 0.5) is 0 Å². The highest BCUT2D eigenvalue weighted by Crippen LogP contribution is 2.23. The van der Waals surface area contributed by atoms with E-state index in [0.717, 1.165) is 69.1 Å². The van der Waals surface area contributed by atoms with Gasteiger partial charge in [0.15, 0.2) is 5.69 Å². The molecule has 0 aliphatic carbocycles. The number of aromatic amines is 1. The van der Waals surface area contributed by atoms with Gasteiger partial charge in [0.05, 0.1) is 6.54 Å². The predicted molar refractivity (Wildman–Crippen MR) is 84.8 cm³/mol. The standard InChI is InChI=1S/C16H22N6O/c1-20-9-5-17-14(20)11-21-8-4-13-12(10-21)15(19-18-13)16(23)22-6-2-3-7-22/h5,9H,2-4,6-8,10-11H2,1H3,(H,18,19). The van der Waals surface area contributed by atoms with Crippen LogP contribution >= 0.6 is 0 Å². The van der Waals surface area contributed by atoms with Crippen LogP contribution in [-0.2, 0) is 26.6 Å². The number of imidazole rings is 1. The molecule has 7 nitrogen and oxygen atoms in total. The van der Waals surface area contributed by atoms with Gasteiger partial charge in [-0.1, -0.05) is 0 Å². The van der Waals surface area contributed by atoms with E-state index >= 15 is 0 Å². The van der Waals surface area contributed by atoms with E-state index in [0.29, 0.717) is 5.69 Å². The van der Waals surface area contributed by atoms with Crippen molar-refractivity contribution in [2.75, 3.05) is 19.6 Å². The summed E-state index contributed by atoms with van der Waals surface area (Å²) in [5, 5.41) is 7.40. The van der Waals surface area contributed by atoms with Crippen molar-refractivity contribution < 1.29 is 4.79 Å². The van der Waals surface area contributed by atoms with Gasteiger partial charge < -0.3 is 9.47 Å². The lowest BCUT2D eigenvalue weighted by Gasteiger charge is -2.26. The predicted octanol–water partition coefficient (Wildman–Crippen LogP) is 0.937. The highest BCUT2D eigenvalue weighted by Gasteiger charge is 2.29. The van der Waals surface area contributed by atoms with E-state index in [2.05, 4.69) is 20.1 Å². The Bertz CT molecular complexity index is 712. The van der Waals surface area contributed by atoms with E-state index in [1.165, 1.54) is 0 Å². The molecule has 0 unspecified atom stereocenters. The fourth-order valence-corrected chi connectivity index (χ4v) is 3.48. The molecule has 1 fully saturated rings. The number of nitrogens with zero attached hydrogens (tertiary/aromatic N) is 5. The first kappa shape index (κ1) is 14.4. The molecule has 1 saturated heterocycles. The highest BCUT2D eigenvalue weighted by atomic mass is 16.2. The summed E-state index contributed by atoms with van der Waals surface area (Å²) in [6.45, 7) is 4.23. The molecule has 0 bridgehead atoms. The lowest BCUT2D eigenvalue weighted by Crippen LogP contribution is -2.33. The van der Waals surface area contributed by atoms with Gasteiger partial charge in [0.25, 0.3) is 5.91 Å². The number of hydrogen-bond acceptors (Lipinski definition) is 4. The summed E-state index contributed by atoms with van der Waals surface area (Å²) >= 11 is 0. The van der Waals surface area contributed by atoms with E-state index in [4.69, 9.17) is 0 Å². The normalized spacial score (nSPS) is 18.4. The molecular weight excluding hydrogens is 292 g/mol. The summed E-state index contributed by atoms with van der Waals surface area (Å²) in [4.78, 5) is 21.3. The van der Waals surface area contributed by atoms with Gasteiger partial charge in [-0.15, -0.1) is 0 Å². The number of carbonyl (C=O) groups is 1. The molecule has 0 atom stereocenters. The van der Waals surface area contributed by atoms with Crippen molar-refractivity contribution in [1.82, 2.24) is 29.5 Å². The molecule has 4 rings (SSSR count). The molecule has 1 N–H and O–H groups in total. The number of amides is 1. The van der Waals surface area contributed by atoms with Crippen LogP contribution in [0.2, 0.25) is 0 Å². The van der Waals surface area contributed by atoms with Crippen molar-refractivity contribution in [2.45, 2.75) is 32.4 Å². The number of nitrogens with one attached hydrogen (secondary N) is 1. The van der Waals surface area contributed by atoms with Crippen molar-refractivity contribution in [3.63, 3.8) is 0 Å². The van der Waals surface area contributed by atoms with E-state index in [1.807, 2.05) is 28.9 Å². The summed E-state index contributed by atoms with van der Waals surface area (Å²) in [6.07, 6.45) is 6.89. The Morgan fingerprint density at radius 3 is 2.87 bits per heavy atom. The average Bonchev–Trinajstić information content (AvgIpc) is 3.28. The molecule has 1 amide bonds. The van der Waals surface area contributed by atoms with Gasteiger partial charge in [-0.05, 0) is 12.8 Å². The van der Waals surface area contributed by atoms with Crippen molar-refractivity contribution in [2.24, 2.45) is 7.05 Å². The molecule has 2 aliphatic rings. The molecule has 7 heteroatoms. The van der Waals surface area contributed by atoms with E-state index in [-0.39, 0.29) is 5.91 Å². The molecule has 0 aromatic carbocycles. The first-order valence-corrected chi connectivity index (χ1v) is 8.26. The Balaban J connectivity index is 1.53. The van der Waals surface area contributed by atoms with Gasteiger partial charge in [0.2, 0.25) is 0 Å². The van der Waals surface area contributed by atoms with E-state index < -0.39 is 0 Å². The first-order valence-electron chi connectivity index (χ1n) is 8.26. The second-order valence-electron chi connectivity index (χ2n) is 6.44. The Morgan fingerprint density at radius 2 is 2.13 bits per heavy atom. The fourth-order valence-electron chi connectivity index (χ4n) is 3.48. The van der Waals surface area contributed by atoms with E-state index in [9.17, 15) is 4.79 Å². The van der Waals surface area contributed by atoms with Gasteiger partial charge in [0.1, 0.15) is 5.82 Å². The van der Waals surface area contributed by atoms with Crippen molar-refractivity contribution in [3.8, 4) is 0 Å². The van der Waals surface area contributed by atoms with Gasteiger partial charge in [0, 0.05) is 63.3 Å². The molecule has 0 spiro atoms. The Morgan fingerprint density at radius 1 is 1.30 bits per heavy atom. The third kappa shape index (κ3) is 2.65. The summed E-state index contributed by atoms with van der Waals surface area (Å²) in [5.74, 6) is 1.13. The summed E-state index contributed by atoms with van der Waals surface area (Å²) in [6, 6.07) is 0. The lowest BCUT2D eigenvalue weighted by atomic mass is 10.0. The van der Waals surface area contributed by atoms with Crippen molar-refractivity contribution in [3.05, 3.63) is 35.2 Å². The van der Waals surface area contributed by atoms with Gasteiger partial charge >= 0.3 is 0 Å². The van der Waals surface area contributed by atoms with Crippen LogP contribution in [0.15, 0.2) is 12.4 Å². The number of aromatic nitrogens is 4. The zero-order valence-electron chi connectivity index (χ0n) is 13.5. The minimum absolute atomic E-state index is 0.0823. The zero-order valence-corrected chi connectivity index (χ0v) is 13.5. The minimum atomic E-state index is 0.0823. The zero-order chi connectivity index (χ0) is 15.8. The number of aryl methyl sites for hydroxylation is 1. The van der Waals surface area contributed by atoms with Gasteiger partial charge in [-0.25, -0.2) is 4.98 Å². The summed E-state index contributed by atoms with van der Waals surface area (Å²) in [5.41, 5.74) is 2.80. The Kier molecular flexibility index (Phi) is 3.65. The lowest BCUT2D eigenvalue weighted by molar-refractivity contribution is 0.0784. The largest absolute Gasteiger partial charge is 0.337 e. The second kappa shape index (κ2) is 5.81. The van der Waals surface area contributed by atoms with E-state index in [1.54, 1.807) is 0 Å². The van der Waals surface area contributed by atoms with Crippen LogP contribution in [0, 0.1) is 0 Å². The highest BCUT2D eigenvalue weighted by molar-refractivity contribution is 5.94.